The Morgan fingerprint density at radius 1 is 1.58 bits per heavy atom. The van der Waals surface area contributed by atoms with Gasteiger partial charge in [-0.25, -0.2) is 0 Å². The van der Waals surface area contributed by atoms with Crippen LogP contribution in [-0.4, -0.2) is 24.0 Å². The van der Waals surface area contributed by atoms with Gasteiger partial charge >= 0.3 is 0 Å². The number of hydrogen-bond acceptors (Lipinski definition) is 1. The lowest BCUT2D eigenvalue weighted by molar-refractivity contribution is 0.131. The van der Waals surface area contributed by atoms with E-state index in [2.05, 4.69) is 45.7 Å². The second-order valence-electron chi connectivity index (χ2n) is 4.20. The van der Waals surface area contributed by atoms with E-state index in [1.807, 2.05) is 0 Å². The molecule has 1 nitrogen and oxygen atoms in total. The van der Waals surface area contributed by atoms with Crippen LogP contribution in [0.4, 0.5) is 0 Å². The van der Waals surface area contributed by atoms with Crippen LogP contribution in [-0.2, 0) is 0 Å². The molecule has 1 unspecified atom stereocenters. The Balaban J connectivity index is 2.97. The average Bonchev–Trinajstić information content (AvgIpc) is 2.29. The summed E-state index contributed by atoms with van der Waals surface area (Å²) >= 11 is 0. The lowest BCUT2D eigenvalue weighted by Crippen LogP contribution is -2.47. The number of nitrogens with zero attached hydrogens (tertiary/aromatic N) is 1. The molecular weight excluding hydrogens is 146 g/mol. The Hall–Kier alpha value is -0.300. The predicted molar refractivity (Wildman–Crippen MR) is 54.2 cm³/mol. The highest BCUT2D eigenvalue weighted by atomic mass is 15.2. The summed E-state index contributed by atoms with van der Waals surface area (Å²) < 4.78 is 0. The second-order valence-corrected chi connectivity index (χ2v) is 4.20. The minimum absolute atomic E-state index is 0.347. The van der Waals surface area contributed by atoms with E-state index >= 15 is 0 Å². The lowest BCUT2D eigenvalue weighted by atomic mass is 9.79. The second kappa shape index (κ2) is 3.21. The fourth-order valence-electron chi connectivity index (χ4n) is 2.77. The molecule has 1 aliphatic rings. The van der Waals surface area contributed by atoms with Crippen molar-refractivity contribution in [2.75, 3.05) is 13.6 Å². The first kappa shape index (κ1) is 9.79. The van der Waals surface area contributed by atoms with E-state index in [1.54, 1.807) is 5.57 Å². The highest BCUT2D eigenvalue weighted by Crippen LogP contribution is 2.38. The molecule has 0 amide bonds. The summed E-state index contributed by atoms with van der Waals surface area (Å²) in [5, 5.41) is 0. The van der Waals surface area contributed by atoms with E-state index in [9.17, 15) is 0 Å². The largest absolute Gasteiger partial charge is 0.293 e. The molecule has 0 saturated carbocycles. The molecule has 1 rings (SSSR count). The van der Waals surface area contributed by atoms with E-state index in [0.29, 0.717) is 11.5 Å². The van der Waals surface area contributed by atoms with Crippen molar-refractivity contribution in [2.45, 2.75) is 39.7 Å². The molecule has 0 bridgehead atoms. The van der Waals surface area contributed by atoms with Crippen molar-refractivity contribution in [2.24, 2.45) is 5.92 Å². The molecule has 1 atom stereocenters. The Morgan fingerprint density at radius 3 is 2.33 bits per heavy atom. The van der Waals surface area contributed by atoms with Crippen LogP contribution in [0.15, 0.2) is 11.6 Å². The fourth-order valence-corrected chi connectivity index (χ4v) is 2.77. The van der Waals surface area contributed by atoms with E-state index in [-0.39, 0.29) is 0 Å². The van der Waals surface area contributed by atoms with Crippen LogP contribution < -0.4 is 0 Å². The predicted octanol–water partition coefficient (Wildman–Crippen LogP) is 2.68. The molecule has 12 heavy (non-hydrogen) atoms. The van der Waals surface area contributed by atoms with Crippen LogP contribution in [0, 0.1) is 5.92 Å². The van der Waals surface area contributed by atoms with Gasteiger partial charge in [-0.15, -0.1) is 0 Å². The summed E-state index contributed by atoms with van der Waals surface area (Å²) in [5.41, 5.74) is 1.91. The van der Waals surface area contributed by atoms with Gasteiger partial charge in [0.1, 0.15) is 0 Å². The summed E-state index contributed by atoms with van der Waals surface area (Å²) in [7, 11) is 2.23. The molecule has 0 saturated heterocycles. The van der Waals surface area contributed by atoms with Crippen LogP contribution >= 0.6 is 0 Å². The zero-order chi connectivity index (χ0) is 9.35. The summed E-state index contributed by atoms with van der Waals surface area (Å²) in [4.78, 5) is 2.48. The molecule has 1 heterocycles. The van der Waals surface area contributed by atoms with Gasteiger partial charge in [0.05, 0.1) is 0 Å². The molecule has 0 radical (unpaired) electrons. The number of likely N-dealkylation sites (N-methyl/N-ethyl adjacent to an activating group) is 1. The maximum Gasteiger partial charge on any atom is 0.0438 e. The van der Waals surface area contributed by atoms with Crippen molar-refractivity contribution in [1.82, 2.24) is 4.90 Å². The van der Waals surface area contributed by atoms with E-state index in [0.717, 1.165) is 6.54 Å². The van der Waals surface area contributed by atoms with E-state index in [1.165, 1.54) is 6.42 Å². The van der Waals surface area contributed by atoms with Gasteiger partial charge in [0, 0.05) is 12.1 Å². The Morgan fingerprint density at radius 2 is 2.17 bits per heavy atom. The Labute approximate surface area is 76.5 Å². The average molecular weight is 167 g/mol. The van der Waals surface area contributed by atoms with Crippen LogP contribution in [0.5, 0.6) is 0 Å². The minimum Gasteiger partial charge on any atom is -0.293 e. The van der Waals surface area contributed by atoms with Crippen LogP contribution in [0.3, 0.4) is 0 Å². The molecule has 1 aliphatic heterocycles. The SMILES string of the molecule is CCC1(C(C)C)C(C)=CCN1C. The molecule has 0 aromatic rings. The van der Waals surface area contributed by atoms with Crippen LogP contribution in [0.25, 0.3) is 0 Å². The molecule has 70 valence electrons. The van der Waals surface area contributed by atoms with Gasteiger partial charge in [-0.1, -0.05) is 32.4 Å². The maximum atomic E-state index is 2.48. The molecule has 0 aromatic heterocycles. The fraction of sp³-hybridized carbons (Fsp3) is 0.818. The monoisotopic (exact) mass is 167 g/mol. The summed E-state index contributed by atoms with van der Waals surface area (Å²) in [6.45, 7) is 10.3. The van der Waals surface area contributed by atoms with Gasteiger partial charge in [-0.3, -0.25) is 4.90 Å². The Bertz CT molecular complexity index is 193. The van der Waals surface area contributed by atoms with E-state index < -0.39 is 0 Å². The van der Waals surface area contributed by atoms with Gasteiger partial charge in [0.15, 0.2) is 0 Å². The van der Waals surface area contributed by atoms with Gasteiger partial charge in [0.2, 0.25) is 0 Å². The maximum absolute atomic E-state index is 2.48. The first-order valence-electron chi connectivity index (χ1n) is 4.94. The van der Waals surface area contributed by atoms with Crippen LogP contribution in [0.2, 0.25) is 0 Å². The van der Waals surface area contributed by atoms with Crippen molar-refractivity contribution in [3.05, 3.63) is 11.6 Å². The van der Waals surface area contributed by atoms with Crippen molar-refractivity contribution >= 4 is 0 Å². The highest BCUT2D eigenvalue weighted by Gasteiger charge is 2.40. The molecular formula is C11H21N. The molecule has 0 aliphatic carbocycles. The smallest absolute Gasteiger partial charge is 0.0438 e. The van der Waals surface area contributed by atoms with Crippen molar-refractivity contribution in [3.8, 4) is 0 Å². The lowest BCUT2D eigenvalue weighted by Gasteiger charge is -2.41. The third-order valence-electron chi connectivity index (χ3n) is 3.53. The summed E-state index contributed by atoms with van der Waals surface area (Å²) in [6, 6.07) is 0. The van der Waals surface area contributed by atoms with Gasteiger partial charge in [-0.2, -0.15) is 0 Å². The van der Waals surface area contributed by atoms with Crippen molar-refractivity contribution in [1.29, 1.82) is 0 Å². The molecule has 1 heteroatoms. The number of rotatable bonds is 2. The molecule has 0 N–H and O–H groups in total. The minimum atomic E-state index is 0.347. The quantitative estimate of drug-likeness (QED) is 0.572. The zero-order valence-corrected chi connectivity index (χ0v) is 9.02. The van der Waals surface area contributed by atoms with Crippen molar-refractivity contribution in [3.63, 3.8) is 0 Å². The van der Waals surface area contributed by atoms with Gasteiger partial charge in [-0.05, 0) is 26.3 Å². The van der Waals surface area contributed by atoms with Gasteiger partial charge in [0.25, 0.3) is 0 Å². The summed E-state index contributed by atoms with van der Waals surface area (Å²) in [6.07, 6.45) is 3.59. The molecule has 0 spiro atoms. The third kappa shape index (κ3) is 1.11. The number of hydrogen-bond donors (Lipinski definition) is 0. The topological polar surface area (TPSA) is 3.24 Å². The van der Waals surface area contributed by atoms with Crippen molar-refractivity contribution < 1.29 is 0 Å². The van der Waals surface area contributed by atoms with Gasteiger partial charge < -0.3 is 0 Å². The molecule has 0 fully saturated rings. The van der Waals surface area contributed by atoms with E-state index in [4.69, 9.17) is 0 Å². The zero-order valence-electron chi connectivity index (χ0n) is 9.02. The highest BCUT2D eigenvalue weighted by molar-refractivity contribution is 5.25. The third-order valence-corrected chi connectivity index (χ3v) is 3.53. The standard InChI is InChI=1S/C11H21N/c1-6-11(9(2)3)10(4)7-8-12(11)5/h7,9H,6,8H2,1-5H3. The first-order chi connectivity index (χ1) is 5.55. The molecule has 0 aromatic carbocycles. The van der Waals surface area contributed by atoms with Crippen LogP contribution in [0.1, 0.15) is 34.1 Å². The first-order valence-corrected chi connectivity index (χ1v) is 4.94. The Kier molecular flexibility index (Phi) is 2.62. The normalized spacial score (nSPS) is 31.3. The summed E-state index contributed by atoms with van der Waals surface area (Å²) in [5.74, 6) is 0.714.